The zero-order chi connectivity index (χ0) is 22.4. The van der Waals surface area contributed by atoms with E-state index in [9.17, 15) is 13.6 Å². The van der Waals surface area contributed by atoms with Crippen molar-refractivity contribution in [1.29, 1.82) is 0 Å². The Labute approximate surface area is 179 Å². The number of hydrogen-bond acceptors (Lipinski definition) is 6. The third-order valence-corrected chi connectivity index (χ3v) is 4.56. The first kappa shape index (κ1) is 22.2. The Kier molecular flexibility index (Phi) is 7.17. The third-order valence-electron chi connectivity index (χ3n) is 4.56. The van der Waals surface area contributed by atoms with Gasteiger partial charge in [0.2, 0.25) is 0 Å². The van der Waals surface area contributed by atoms with E-state index in [1.165, 1.54) is 6.07 Å². The number of rotatable bonds is 10. The first-order valence-electron chi connectivity index (χ1n) is 9.77. The molecule has 0 radical (unpaired) electrons. The predicted octanol–water partition coefficient (Wildman–Crippen LogP) is 3.70. The fourth-order valence-electron chi connectivity index (χ4n) is 2.93. The van der Waals surface area contributed by atoms with Gasteiger partial charge < -0.3 is 14.8 Å². The van der Waals surface area contributed by atoms with Crippen molar-refractivity contribution in [2.24, 2.45) is 5.92 Å². The fourth-order valence-corrected chi connectivity index (χ4v) is 2.93. The minimum atomic E-state index is -0.901. The maximum Gasteiger partial charge on any atom is 0.192 e. The van der Waals surface area contributed by atoms with E-state index < -0.39 is 17.7 Å². The minimum Gasteiger partial charge on any atom is -0.497 e. The zero-order valence-corrected chi connectivity index (χ0v) is 17.5. The lowest BCUT2D eigenvalue weighted by Crippen LogP contribution is -2.37. The summed E-state index contributed by atoms with van der Waals surface area (Å²) in [4.78, 5) is 12.6. The van der Waals surface area contributed by atoms with Crippen LogP contribution in [-0.4, -0.2) is 40.5 Å². The molecule has 1 N–H and O–H groups in total. The van der Waals surface area contributed by atoms with Gasteiger partial charge in [0.15, 0.2) is 29.3 Å². The van der Waals surface area contributed by atoms with E-state index >= 15 is 0 Å². The highest BCUT2D eigenvalue weighted by Crippen LogP contribution is 2.22. The molecule has 1 atom stereocenters. The van der Waals surface area contributed by atoms with Crippen LogP contribution in [0.15, 0.2) is 48.7 Å². The van der Waals surface area contributed by atoms with Gasteiger partial charge in [0, 0.05) is 6.07 Å². The van der Waals surface area contributed by atoms with E-state index in [-0.39, 0.29) is 24.0 Å². The van der Waals surface area contributed by atoms with Crippen molar-refractivity contribution in [2.45, 2.75) is 26.5 Å². The summed E-state index contributed by atoms with van der Waals surface area (Å²) in [7, 11) is 1.61. The summed E-state index contributed by atoms with van der Waals surface area (Å²) < 4.78 is 39.3. The second-order valence-electron chi connectivity index (χ2n) is 7.33. The number of aromatic nitrogens is 3. The molecule has 1 unspecified atom stereocenters. The van der Waals surface area contributed by atoms with E-state index in [1.54, 1.807) is 31.8 Å². The van der Waals surface area contributed by atoms with Crippen LogP contribution in [0.1, 0.15) is 19.4 Å². The van der Waals surface area contributed by atoms with Gasteiger partial charge in [0.05, 0.1) is 26.4 Å². The molecule has 0 aliphatic heterocycles. The number of carbonyl (C=O) groups is 1. The number of Topliss-reactive ketones (excluding diaryl/α,β-unsaturated/α-hetero) is 1. The van der Waals surface area contributed by atoms with E-state index in [1.807, 2.05) is 24.3 Å². The average molecular weight is 430 g/mol. The minimum absolute atomic E-state index is 0.0765. The van der Waals surface area contributed by atoms with E-state index in [4.69, 9.17) is 9.47 Å². The molecule has 0 bridgehead atoms. The average Bonchev–Trinajstić information content (AvgIpc) is 3.19. The predicted molar refractivity (Wildman–Crippen MR) is 111 cm³/mol. The third kappa shape index (κ3) is 6.00. The Morgan fingerprint density at radius 1 is 1.16 bits per heavy atom. The molecule has 0 amide bonds. The summed E-state index contributed by atoms with van der Waals surface area (Å²) in [5, 5.41) is 11.0. The summed E-state index contributed by atoms with van der Waals surface area (Å²) in [6, 6.07) is 10.6. The summed E-state index contributed by atoms with van der Waals surface area (Å²) in [5.41, 5.74) is 1.02. The molecule has 2 aromatic carbocycles. The number of nitrogens with one attached hydrogen (secondary N) is 1. The summed E-state index contributed by atoms with van der Waals surface area (Å²) in [6.07, 6.45) is 0.782. The lowest BCUT2D eigenvalue weighted by Gasteiger charge is -2.21. The highest BCUT2D eigenvalue weighted by Gasteiger charge is 2.25. The Morgan fingerprint density at radius 2 is 1.90 bits per heavy atom. The molecule has 1 aromatic heterocycles. The van der Waals surface area contributed by atoms with Crippen molar-refractivity contribution in [3.63, 3.8) is 0 Å². The van der Waals surface area contributed by atoms with Crippen LogP contribution < -0.4 is 14.8 Å². The molecule has 0 aliphatic carbocycles. The van der Waals surface area contributed by atoms with E-state index in [0.717, 1.165) is 23.4 Å². The highest BCUT2D eigenvalue weighted by atomic mass is 19.1. The van der Waals surface area contributed by atoms with Gasteiger partial charge in [-0.3, -0.25) is 4.79 Å². The van der Waals surface area contributed by atoms with Gasteiger partial charge in [-0.25, -0.2) is 13.5 Å². The molecule has 164 valence electrons. The van der Waals surface area contributed by atoms with Crippen molar-refractivity contribution in [1.82, 2.24) is 15.0 Å². The first-order valence-corrected chi connectivity index (χ1v) is 9.77. The van der Waals surface area contributed by atoms with E-state index in [2.05, 4.69) is 15.6 Å². The molecular weight excluding hydrogens is 406 g/mol. The molecule has 31 heavy (non-hydrogen) atoms. The number of benzene rings is 2. The van der Waals surface area contributed by atoms with Gasteiger partial charge in [0.1, 0.15) is 11.6 Å². The highest BCUT2D eigenvalue weighted by molar-refractivity contribution is 5.87. The number of halogens is 2. The van der Waals surface area contributed by atoms with Crippen molar-refractivity contribution < 1.29 is 23.0 Å². The first-order chi connectivity index (χ1) is 14.9. The number of ketones is 1. The second-order valence-corrected chi connectivity index (χ2v) is 7.33. The molecule has 0 saturated heterocycles. The second kappa shape index (κ2) is 10.0. The Balaban J connectivity index is 1.58. The van der Waals surface area contributed by atoms with Crippen LogP contribution in [0.2, 0.25) is 0 Å². The smallest absolute Gasteiger partial charge is 0.192 e. The summed E-state index contributed by atoms with van der Waals surface area (Å²) in [5.74, 6) is -1.04. The van der Waals surface area contributed by atoms with Crippen molar-refractivity contribution in [2.75, 3.05) is 19.0 Å². The SMILES string of the molecule is COc1ccc(Cn2cc(NCC(=O)C(Oc3ccc(F)cc3F)C(C)C)nn2)cc1. The van der Waals surface area contributed by atoms with Crippen molar-refractivity contribution in [3.05, 3.63) is 65.9 Å². The molecule has 3 aromatic rings. The van der Waals surface area contributed by atoms with Crippen LogP contribution in [0.3, 0.4) is 0 Å². The van der Waals surface area contributed by atoms with Crippen LogP contribution in [0, 0.1) is 17.6 Å². The molecule has 9 heteroatoms. The van der Waals surface area contributed by atoms with Crippen LogP contribution in [0.25, 0.3) is 0 Å². The Hall–Kier alpha value is -3.49. The molecule has 0 fully saturated rings. The fraction of sp³-hybridized carbons (Fsp3) is 0.318. The number of carbonyl (C=O) groups excluding carboxylic acids is 1. The topological polar surface area (TPSA) is 78.3 Å². The maximum atomic E-state index is 13.9. The number of methoxy groups -OCH3 is 1. The van der Waals surface area contributed by atoms with Crippen molar-refractivity contribution in [3.8, 4) is 11.5 Å². The van der Waals surface area contributed by atoms with Crippen LogP contribution in [0.5, 0.6) is 11.5 Å². The molecule has 0 aliphatic rings. The Bertz CT molecular complexity index is 1020. The lowest BCUT2D eigenvalue weighted by molar-refractivity contribution is -0.125. The van der Waals surface area contributed by atoms with Gasteiger partial charge >= 0.3 is 0 Å². The van der Waals surface area contributed by atoms with Crippen LogP contribution in [0.4, 0.5) is 14.6 Å². The van der Waals surface area contributed by atoms with Crippen molar-refractivity contribution >= 4 is 11.6 Å². The van der Waals surface area contributed by atoms with Gasteiger partial charge in [-0.05, 0) is 35.7 Å². The summed E-state index contributed by atoms with van der Waals surface area (Å²) >= 11 is 0. The monoisotopic (exact) mass is 430 g/mol. The van der Waals surface area contributed by atoms with Crippen LogP contribution >= 0.6 is 0 Å². The molecule has 0 spiro atoms. The number of nitrogens with zero attached hydrogens (tertiary/aromatic N) is 3. The standard InChI is InChI=1S/C22H24F2N4O3/c1-14(2)22(31-20-9-6-16(23)10-18(20)24)19(29)11-25-21-13-28(27-26-21)12-15-4-7-17(30-3)8-5-15/h4-10,13-14,22,25H,11-12H2,1-3H3. The molecule has 3 rings (SSSR count). The number of hydrogen-bond donors (Lipinski definition) is 1. The molecular formula is C22H24F2N4O3. The molecule has 7 nitrogen and oxygen atoms in total. The van der Waals surface area contributed by atoms with Gasteiger partial charge in [-0.2, -0.15) is 0 Å². The molecule has 1 heterocycles. The van der Waals surface area contributed by atoms with Crippen LogP contribution in [-0.2, 0) is 11.3 Å². The quantitative estimate of drug-likeness (QED) is 0.529. The van der Waals surface area contributed by atoms with E-state index in [0.29, 0.717) is 12.4 Å². The number of ether oxygens (including phenoxy) is 2. The van der Waals surface area contributed by atoms with Gasteiger partial charge in [-0.1, -0.05) is 31.2 Å². The van der Waals surface area contributed by atoms with Gasteiger partial charge in [-0.15, -0.1) is 5.10 Å². The maximum absolute atomic E-state index is 13.9. The lowest BCUT2D eigenvalue weighted by atomic mass is 10.0. The Morgan fingerprint density at radius 3 is 2.55 bits per heavy atom. The normalized spacial score (nSPS) is 11.9. The number of anilines is 1. The molecule has 0 saturated carbocycles. The van der Waals surface area contributed by atoms with Gasteiger partial charge in [0.25, 0.3) is 0 Å². The summed E-state index contributed by atoms with van der Waals surface area (Å²) in [6.45, 7) is 4.01. The largest absolute Gasteiger partial charge is 0.497 e. The zero-order valence-electron chi connectivity index (χ0n) is 17.5.